The van der Waals surface area contributed by atoms with Crippen LogP contribution in [0.4, 0.5) is 0 Å². The third-order valence-corrected chi connectivity index (χ3v) is 5.47. The Kier molecular flexibility index (Phi) is 6.84. The summed E-state index contributed by atoms with van der Waals surface area (Å²) in [6.07, 6.45) is 5.21. The first-order valence-electron chi connectivity index (χ1n) is 9.22. The van der Waals surface area contributed by atoms with Crippen LogP contribution in [0.1, 0.15) is 38.3 Å². The number of para-hydroxylation sites is 1. The van der Waals surface area contributed by atoms with Crippen LogP contribution in [0.2, 0.25) is 0 Å². The van der Waals surface area contributed by atoms with E-state index in [9.17, 15) is 0 Å². The maximum absolute atomic E-state index is 5.92. The summed E-state index contributed by atoms with van der Waals surface area (Å²) >= 11 is 1.69. The number of nitrogens with zero attached hydrogens (tertiary/aromatic N) is 2. The van der Waals surface area contributed by atoms with E-state index in [4.69, 9.17) is 14.5 Å². The number of rotatable bonds is 8. The molecule has 136 valence electrons. The summed E-state index contributed by atoms with van der Waals surface area (Å²) < 4.78 is 11.4. The molecular weight excluding hydrogens is 332 g/mol. The van der Waals surface area contributed by atoms with Crippen LogP contribution in [0.5, 0.6) is 5.75 Å². The standard InChI is InChI=1S/C20H28N2O2S/c1-3-11-22(14-17-8-6-7-12-24-17)13-16-15-25-20(21-16)18-9-4-5-10-19(18)23-2/h4-5,9-10,15,17H,3,6-8,11-14H2,1-2H3. The van der Waals surface area contributed by atoms with Crippen molar-refractivity contribution in [2.45, 2.75) is 45.3 Å². The normalized spacial score (nSPS) is 17.8. The van der Waals surface area contributed by atoms with E-state index in [2.05, 4.69) is 23.3 Å². The van der Waals surface area contributed by atoms with E-state index in [1.54, 1.807) is 18.4 Å². The molecule has 0 radical (unpaired) electrons. The van der Waals surface area contributed by atoms with Gasteiger partial charge in [-0.2, -0.15) is 0 Å². The molecule has 1 unspecified atom stereocenters. The van der Waals surface area contributed by atoms with Crippen LogP contribution in [0.15, 0.2) is 29.6 Å². The van der Waals surface area contributed by atoms with Crippen molar-refractivity contribution in [3.63, 3.8) is 0 Å². The van der Waals surface area contributed by atoms with E-state index in [1.807, 2.05) is 18.2 Å². The Morgan fingerprint density at radius 1 is 1.32 bits per heavy atom. The van der Waals surface area contributed by atoms with Gasteiger partial charge in [-0.05, 0) is 44.4 Å². The summed E-state index contributed by atoms with van der Waals surface area (Å²) in [4.78, 5) is 7.34. The lowest BCUT2D eigenvalue weighted by Crippen LogP contribution is -2.36. The van der Waals surface area contributed by atoms with Gasteiger partial charge >= 0.3 is 0 Å². The van der Waals surface area contributed by atoms with E-state index in [0.29, 0.717) is 6.10 Å². The van der Waals surface area contributed by atoms with Crippen LogP contribution in [0.25, 0.3) is 10.6 Å². The molecule has 0 aliphatic carbocycles. The predicted octanol–water partition coefficient (Wildman–Crippen LogP) is 4.60. The average Bonchev–Trinajstić information content (AvgIpc) is 3.11. The minimum absolute atomic E-state index is 0.382. The number of methoxy groups -OCH3 is 1. The molecule has 2 aromatic rings. The molecule has 1 aromatic heterocycles. The van der Waals surface area contributed by atoms with E-state index in [-0.39, 0.29) is 0 Å². The Hall–Kier alpha value is -1.43. The highest BCUT2D eigenvalue weighted by Crippen LogP contribution is 2.32. The van der Waals surface area contributed by atoms with Gasteiger partial charge < -0.3 is 9.47 Å². The van der Waals surface area contributed by atoms with Crippen molar-refractivity contribution >= 4 is 11.3 Å². The Morgan fingerprint density at radius 3 is 2.96 bits per heavy atom. The molecule has 1 atom stereocenters. The van der Waals surface area contributed by atoms with Crippen molar-refractivity contribution in [2.75, 3.05) is 26.8 Å². The fourth-order valence-electron chi connectivity index (χ4n) is 3.34. The Labute approximate surface area is 154 Å². The van der Waals surface area contributed by atoms with Crippen LogP contribution in [-0.2, 0) is 11.3 Å². The molecule has 1 aliphatic heterocycles. The van der Waals surface area contributed by atoms with E-state index in [0.717, 1.165) is 54.7 Å². The molecule has 1 fully saturated rings. The molecule has 1 aliphatic rings. The summed E-state index contributed by atoms with van der Waals surface area (Å²) in [5.74, 6) is 0.879. The lowest BCUT2D eigenvalue weighted by Gasteiger charge is -2.29. The van der Waals surface area contributed by atoms with E-state index < -0.39 is 0 Å². The van der Waals surface area contributed by atoms with Gasteiger partial charge in [0.15, 0.2) is 0 Å². The molecule has 1 aromatic carbocycles. The molecule has 2 heterocycles. The third kappa shape index (κ3) is 5.03. The zero-order chi connectivity index (χ0) is 17.5. The maximum atomic E-state index is 5.92. The Balaban J connectivity index is 1.67. The molecule has 1 saturated heterocycles. The van der Waals surface area contributed by atoms with Crippen molar-refractivity contribution in [3.05, 3.63) is 35.3 Å². The van der Waals surface area contributed by atoms with Crippen molar-refractivity contribution in [1.29, 1.82) is 0 Å². The first-order valence-corrected chi connectivity index (χ1v) is 10.1. The van der Waals surface area contributed by atoms with Crippen LogP contribution in [0.3, 0.4) is 0 Å². The molecule has 0 saturated carbocycles. The summed E-state index contributed by atoms with van der Waals surface area (Å²) in [6, 6.07) is 8.08. The summed E-state index contributed by atoms with van der Waals surface area (Å²) in [7, 11) is 1.71. The van der Waals surface area contributed by atoms with Crippen molar-refractivity contribution < 1.29 is 9.47 Å². The van der Waals surface area contributed by atoms with Gasteiger partial charge in [-0.25, -0.2) is 4.98 Å². The quantitative estimate of drug-likeness (QED) is 0.689. The molecule has 0 amide bonds. The largest absolute Gasteiger partial charge is 0.496 e. The van der Waals surface area contributed by atoms with Crippen molar-refractivity contribution in [3.8, 4) is 16.3 Å². The van der Waals surface area contributed by atoms with Gasteiger partial charge in [-0.1, -0.05) is 19.1 Å². The number of ether oxygens (including phenoxy) is 2. The van der Waals surface area contributed by atoms with Gasteiger partial charge in [0.1, 0.15) is 10.8 Å². The topological polar surface area (TPSA) is 34.6 Å². The highest BCUT2D eigenvalue weighted by molar-refractivity contribution is 7.13. The van der Waals surface area contributed by atoms with Gasteiger partial charge in [0.05, 0.1) is 24.5 Å². The monoisotopic (exact) mass is 360 g/mol. The lowest BCUT2D eigenvalue weighted by atomic mass is 10.1. The Morgan fingerprint density at radius 2 is 2.20 bits per heavy atom. The smallest absolute Gasteiger partial charge is 0.129 e. The molecular formula is C20H28N2O2S. The van der Waals surface area contributed by atoms with Crippen molar-refractivity contribution in [1.82, 2.24) is 9.88 Å². The fourth-order valence-corrected chi connectivity index (χ4v) is 4.18. The number of benzene rings is 1. The van der Waals surface area contributed by atoms with Crippen LogP contribution < -0.4 is 4.74 Å². The summed E-state index contributed by atoms with van der Waals surface area (Å²) in [5, 5.41) is 3.20. The van der Waals surface area contributed by atoms with Crippen LogP contribution in [0, 0.1) is 0 Å². The number of thiazole rings is 1. The maximum Gasteiger partial charge on any atom is 0.129 e. The minimum Gasteiger partial charge on any atom is -0.496 e. The van der Waals surface area contributed by atoms with E-state index in [1.165, 1.54) is 19.3 Å². The SMILES string of the molecule is CCCN(Cc1csc(-c2ccccc2OC)n1)CC1CCCCO1. The molecule has 4 nitrogen and oxygen atoms in total. The molecule has 0 N–H and O–H groups in total. The number of aromatic nitrogens is 1. The predicted molar refractivity (Wildman–Crippen MR) is 103 cm³/mol. The highest BCUT2D eigenvalue weighted by Gasteiger charge is 2.19. The second-order valence-electron chi connectivity index (χ2n) is 6.57. The first-order chi connectivity index (χ1) is 12.3. The fraction of sp³-hybridized carbons (Fsp3) is 0.550. The zero-order valence-electron chi connectivity index (χ0n) is 15.2. The number of hydrogen-bond donors (Lipinski definition) is 0. The molecule has 25 heavy (non-hydrogen) atoms. The van der Waals surface area contributed by atoms with Crippen LogP contribution >= 0.6 is 11.3 Å². The second kappa shape index (κ2) is 9.32. The molecule has 0 spiro atoms. The van der Waals surface area contributed by atoms with Gasteiger partial charge in [0.25, 0.3) is 0 Å². The van der Waals surface area contributed by atoms with E-state index >= 15 is 0 Å². The van der Waals surface area contributed by atoms with Crippen molar-refractivity contribution in [2.24, 2.45) is 0 Å². The minimum atomic E-state index is 0.382. The summed E-state index contributed by atoms with van der Waals surface area (Å²) in [5.41, 5.74) is 2.20. The van der Waals surface area contributed by atoms with Gasteiger partial charge in [-0.15, -0.1) is 11.3 Å². The van der Waals surface area contributed by atoms with Crippen LogP contribution in [-0.4, -0.2) is 42.8 Å². The van der Waals surface area contributed by atoms with Gasteiger partial charge in [0.2, 0.25) is 0 Å². The van der Waals surface area contributed by atoms with Gasteiger partial charge in [0, 0.05) is 25.1 Å². The van der Waals surface area contributed by atoms with Gasteiger partial charge in [-0.3, -0.25) is 4.90 Å². The summed E-state index contributed by atoms with van der Waals surface area (Å²) in [6.45, 7) is 6.13. The zero-order valence-corrected chi connectivity index (χ0v) is 16.1. The molecule has 5 heteroatoms. The first kappa shape index (κ1) is 18.4. The lowest BCUT2D eigenvalue weighted by molar-refractivity contribution is -0.00729. The third-order valence-electron chi connectivity index (χ3n) is 4.55. The molecule has 3 rings (SSSR count). The average molecular weight is 361 g/mol. The molecule has 0 bridgehead atoms. The highest BCUT2D eigenvalue weighted by atomic mass is 32.1. The second-order valence-corrected chi connectivity index (χ2v) is 7.43. The number of hydrogen-bond acceptors (Lipinski definition) is 5. The Bertz CT molecular complexity index is 653.